The molecule has 0 spiro atoms. The van der Waals surface area contributed by atoms with Crippen LogP contribution in [0, 0.1) is 5.82 Å². The number of hydrogen-bond donors (Lipinski definition) is 0. The van der Waals surface area contributed by atoms with E-state index in [2.05, 4.69) is 0 Å². The summed E-state index contributed by atoms with van der Waals surface area (Å²) in [5.74, 6) is -1.52. The normalized spacial score (nSPS) is 18.0. The van der Waals surface area contributed by atoms with Crippen molar-refractivity contribution in [2.45, 2.75) is 25.4 Å². The van der Waals surface area contributed by atoms with E-state index in [1.165, 1.54) is 31.1 Å². The first-order valence-corrected chi connectivity index (χ1v) is 8.66. The number of benzene rings is 2. The summed E-state index contributed by atoms with van der Waals surface area (Å²) in [5, 5.41) is 0. The zero-order chi connectivity index (χ0) is 20.5. The van der Waals surface area contributed by atoms with Crippen LogP contribution in [0.2, 0.25) is 0 Å². The van der Waals surface area contributed by atoms with Crippen LogP contribution in [-0.2, 0) is 26.4 Å². The maximum Gasteiger partial charge on any atom is 0.337 e. The van der Waals surface area contributed by atoms with Crippen LogP contribution in [0.5, 0.6) is 5.75 Å². The van der Waals surface area contributed by atoms with Crippen LogP contribution in [0.3, 0.4) is 0 Å². The van der Waals surface area contributed by atoms with Gasteiger partial charge in [0.15, 0.2) is 5.54 Å². The maximum absolute atomic E-state index is 13.8. The van der Waals surface area contributed by atoms with Crippen molar-refractivity contribution in [3.63, 3.8) is 0 Å². The SMILES string of the molecule is COC(=O)[C@@]1(CC(C)=O)c2ccc(F)cc2C(=O)N1Cc1ccc(OC)cc1. The number of nitrogens with zero attached hydrogens (tertiary/aromatic N) is 1. The Bertz CT molecular complexity index is 940. The maximum atomic E-state index is 13.8. The van der Waals surface area contributed by atoms with Crippen molar-refractivity contribution >= 4 is 17.7 Å². The molecule has 1 amide bonds. The average Bonchev–Trinajstić information content (AvgIpc) is 2.90. The summed E-state index contributed by atoms with van der Waals surface area (Å²) in [5.41, 5.74) is -0.588. The summed E-state index contributed by atoms with van der Waals surface area (Å²) >= 11 is 0. The van der Waals surface area contributed by atoms with E-state index in [1.807, 2.05) is 0 Å². The first-order chi connectivity index (χ1) is 13.3. The van der Waals surface area contributed by atoms with Gasteiger partial charge < -0.3 is 14.4 Å². The molecule has 0 bridgehead atoms. The smallest absolute Gasteiger partial charge is 0.337 e. The molecule has 0 N–H and O–H groups in total. The molecular weight excluding hydrogens is 365 g/mol. The number of ketones is 1. The second-order valence-corrected chi connectivity index (χ2v) is 6.66. The van der Waals surface area contributed by atoms with Crippen molar-refractivity contribution < 1.29 is 28.2 Å². The van der Waals surface area contributed by atoms with E-state index in [-0.39, 0.29) is 29.9 Å². The second-order valence-electron chi connectivity index (χ2n) is 6.66. The summed E-state index contributed by atoms with van der Waals surface area (Å²) in [7, 11) is 2.74. The highest BCUT2D eigenvalue weighted by molar-refractivity contribution is 6.07. The van der Waals surface area contributed by atoms with E-state index in [0.29, 0.717) is 5.75 Å². The molecule has 1 heterocycles. The highest BCUT2D eigenvalue weighted by atomic mass is 19.1. The monoisotopic (exact) mass is 385 g/mol. The van der Waals surface area contributed by atoms with Gasteiger partial charge in [-0.1, -0.05) is 18.2 Å². The quantitative estimate of drug-likeness (QED) is 0.715. The lowest BCUT2D eigenvalue weighted by Gasteiger charge is -2.36. The van der Waals surface area contributed by atoms with E-state index in [4.69, 9.17) is 9.47 Å². The topological polar surface area (TPSA) is 72.9 Å². The Balaban J connectivity index is 2.15. The van der Waals surface area contributed by atoms with Gasteiger partial charge in [0, 0.05) is 24.1 Å². The molecule has 2 aromatic carbocycles. The first-order valence-electron chi connectivity index (χ1n) is 8.66. The number of esters is 1. The molecular formula is C21H20FNO5. The lowest BCUT2D eigenvalue weighted by Crippen LogP contribution is -2.51. The number of amides is 1. The van der Waals surface area contributed by atoms with Crippen molar-refractivity contribution in [2.24, 2.45) is 0 Å². The fraction of sp³-hybridized carbons (Fsp3) is 0.286. The molecule has 0 saturated heterocycles. The third-order valence-electron chi connectivity index (χ3n) is 4.89. The van der Waals surface area contributed by atoms with Gasteiger partial charge in [-0.25, -0.2) is 9.18 Å². The number of rotatable bonds is 6. The average molecular weight is 385 g/mol. The van der Waals surface area contributed by atoms with Gasteiger partial charge in [0.25, 0.3) is 5.91 Å². The molecule has 28 heavy (non-hydrogen) atoms. The number of Topliss-reactive ketones (excluding diaryl/α,β-unsaturated/α-hetero) is 1. The standard InChI is InChI=1S/C21H20FNO5/c1-13(24)11-21(20(26)28-3)18-9-6-15(22)10-17(18)19(25)23(21)12-14-4-7-16(27-2)8-5-14/h4-10H,11-12H2,1-3H3/t21-/m1/s1. The van der Waals surface area contributed by atoms with Crippen molar-refractivity contribution in [2.75, 3.05) is 14.2 Å². The highest BCUT2D eigenvalue weighted by Crippen LogP contribution is 2.44. The molecule has 0 aromatic heterocycles. The fourth-order valence-electron chi connectivity index (χ4n) is 3.65. The predicted molar refractivity (Wildman–Crippen MR) is 98.3 cm³/mol. The minimum atomic E-state index is -1.64. The van der Waals surface area contributed by atoms with Crippen molar-refractivity contribution in [3.8, 4) is 5.75 Å². The summed E-state index contributed by atoms with van der Waals surface area (Å²) in [6, 6.07) is 10.6. The van der Waals surface area contributed by atoms with Crippen molar-refractivity contribution in [3.05, 3.63) is 65.0 Å². The van der Waals surface area contributed by atoms with Crippen LogP contribution in [0.25, 0.3) is 0 Å². The molecule has 1 aliphatic heterocycles. The predicted octanol–water partition coefficient (Wildman–Crippen LogP) is 2.84. The molecule has 1 aliphatic rings. The van der Waals surface area contributed by atoms with Crippen LogP contribution in [-0.4, -0.2) is 36.8 Å². The number of carbonyl (C=O) groups excluding carboxylic acids is 3. The van der Waals surface area contributed by atoms with Gasteiger partial charge >= 0.3 is 5.97 Å². The molecule has 0 radical (unpaired) electrons. The Morgan fingerprint density at radius 2 is 1.79 bits per heavy atom. The van der Waals surface area contributed by atoms with Crippen molar-refractivity contribution in [1.29, 1.82) is 0 Å². The largest absolute Gasteiger partial charge is 0.497 e. The molecule has 0 unspecified atom stereocenters. The Hall–Kier alpha value is -3.22. The van der Waals surface area contributed by atoms with E-state index >= 15 is 0 Å². The van der Waals surface area contributed by atoms with Gasteiger partial charge in [0.05, 0.1) is 14.2 Å². The Labute approximate surface area is 161 Å². The number of carbonyl (C=O) groups is 3. The molecule has 146 valence electrons. The van der Waals surface area contributed by atoms with Gasteiger partial charge in [-0.05, 0) is 36.8 Å². The highest BCUT2D eigenvalue weighted by Gasteiger charge is 2.56. The minimum absolute atomic E-state index is 0.0432. The van der Waals surface area contributed by atoms with Gasteiger partial charge in [0.2, 0.25) is 0 Å². The number of methoxy groups -OCH3 is 2. The molecule has 6 nitrogen and oxygen atoms in total. The van der Waals surface area contributed by atoms with Crippen LogP contribution >= 0.6 is 0 Å². The molecule has 3 rings (SSSR count). The Morgan fingerprint density at radius 1 is 1.11 bits per heavy atom. The Kier molecular flexibility index (Phi) is 5.18. The van der Waals surface area contributed by atoms with Gasteiger partial charge in [-0.3, -0.25) is 9.59 Å². The molecule has 7 heteroatoms. The van der Waals surface area contributed by atoms with E-state index in [9.17, 15) is 18.8 Å². The third kappa shape index (κ3) is 3.13. The molecule has 2 aromatic rings. The van der Waals surface area contributed by atoms with Crippen molar-refractivity contribution in [1.82, 2.24) is 4.90 Å². The lowest BCUT2D eigenvalue weighted by molar-refractivity contribution is -0.156. The van der Waals surface area contributed by atoms with Crippen LogP contribution in [0.1, 0.15) is 34.8 Å². The van der Waals surface area contributed by atoms with Crippen LogP contribution < -0.4 is 4.74 Å². The minimum Gasteiger partial charge on any atom is -0.497 e. The molecule has 0 saturated carbocycles. The number of fused-ring (bicyclic) bond motifs is 1. The third-order valence-corrected chi connectivity index (χ3v) is 4.89. The van der Waals surface area contributed by atoms with Gasteiger partial charge in [-0.15, -0.1) is 0 Å². The zero-order valence-corrected chi connectivity index (χ0v) is 15.8. The fourth-order valence-corrected chi connectivity index (χ4v) is 3.65. The van der Waals surface area contributed by atoms with E-state index in [0.717, 1.165) is 11.6 Å². The molecule has 0 aliphatic carbocycles. The van der Waals surface area contributed by atoms with E-state index in [1.54, 1.807) is 31.4 Å². The summed E-state index contributed by atoms with van der Waals surface area (Å²) in [6.07, 6.45) is -0.264. The van der Waals surface area contributed by atoms with Crippen LogP contribution in [0.4, 0.5) is 4.39 Å². The molecule has 0 fully saturated rings. The first kappa shape index (κ1) is 19.5. The second kappa shape index (κ2) is 7.42. The number of halogens is 1. The van der Waals surface area contributed by atoms with Gasteiger partial charge in [-0.2, -0.15) is 0 Å². The number of hydrogen-bond acceptors (Lipinski definition) is 5. The van der Waals surface area contributed by atoms with Gasteiger partial charge in [0.1, 0.15) is 17.3 Å². The summed E-state index contributed by atoms with van der Waals surface area (Å²) < 4.78 is 23.9. The number of ether oxygens (including phenoxy) is 2. The van der Waals surface area contributed by atoms with Crippen LogP contribution in [0.15, 0.2) is 42.5 Å². The summed E-state index contributed by atoms with van der Waals surface area (Å²) in [6.45, 7) is 1.38. The Morgan fingerprint density at radius 3 is 2.36 bits per heavy atom. The lowest BCUT2D eigenvalue weighted by atomic mass is 9.84. The van der Waals surface area contributed by atoms with E-state index < -0.39 is 23.2 Å². The summed E-state index contributed by atoms with van der Waals surface area (Å²) in [4.78, 5) is 39.3. The zero-order valence-electron chi connectivity index (χ0n) is 15.8. The molecule has 1 atom stereocenters.